The van der Waals surface area contributed by atoms with E-state index in [-0.39, 0.29) is 42.4 Å². The summed E-state index contributed by atoms with van der Waals surface area (Å²) >= 11 is 0. The molecule has 3 heteroatoms. The fraction of sp³-hybridized carbons (Fsp3) is 0.833. The average molecular weight is 141 g/mol. The Morgan fingerprint density at radius 3 is 2.78 bits per heavy atom. The van der Waals surface area contributed by atoms with E-state index in [9.17, 15) is 9.90 Å². The summed E-state index contributed by atoms with van der Waals surface area (Å²) in [5.74, 6) is -1.12. The van der Waals surface area contributed by atoms with E-state index >= 15 is 0 Å². The third-order valence-corrected chi connectivity index (χ3v) is 0.808. The van der Waals surface area contributed by atoms with Crippen LogP contribution in [0.1, 0.15) is 36.6 Å². The normalized spacial score (nSPS) is 14.4. The number of hydrogen-bond acceptors (Lipinski definition) is 2. The van der Waals surface area contributed by atoms with Crippen molar-refractivity contribution in [2.24, 2.45) is 0 Å². The molecule has 9 heavy (non-hydrogen) atoms. The molecule has 0 spiro atoms. The van der Waals surface area contributed by atoms with Gasteiger partial charge in [-0.1, -0.05) is 19.7 Å². The summed E-state index contributed by atoms with van der Waals surface area (Å²) in [4.78, 5) is 9.87. The molecular weight excluding hydrogens is 127 g/mol. The standard InChI is InChI=1S/C6H12O2.Na/c1-2-3-4-5-6(7)8;/h2-5H2,1H3,(H,7,8);/q;+1/p-1/i1D3;. The molecule has 0 amide bonds. The summed E-state index contributed by atoms with van der Waals surface area (Å²) < 4.78 is 20.4. The minimum atomic E-state index is -1.92. The van der Waals surface area contributed by atoms with Gasteiger partial charge in [-0.2, -0.15) is 0 Å². The fourth-order valence-electron chi connectivity index (χ4n) is 0.394. The zero-order chi connectivity index (χ0) is 8.91. The number of carboxylic acid groups (broad SMARTS) is 1. The first-order valence-corrected chi connectivity index (χ1v) is 2.62. The van der Waals surface area contributed by atoms with Crippen molar-refractivity contribution in [3.63, 3.8) is 0 Å². The second-order valence-electron chi connectivity index (χ2n) is 1.58. The van der Waals surface area contributed by atoms with Crippen molar-refractivity contribution in [2.75, 3.05) is 0 Å². The summed E-state index contributed by atoms with van der Waals surface area (Å²) in [5.41, 5.74) is 0. The van der Waals surface area contributed by atoms with E-state index in [1.165, 1.54) is 0 Å². The Morgan fingerprint density at radius 2 is 2.33 bits per heavy atom. The van der Waals surface area contributed by atoms with Crippen LogP contribution in [-0.2, 0) is 4.79 Å². The van der Waals surface area contributed by atoms with E-state index in [1.54, 1.807) is 0 Å². The van der Waals surface area contributed by atoms with E-state index in [0.29, 0.717) is 12.8 Å². The van der Waals surface area contributed by atoms with E-state index in [1.807, 2.05) is 0 Å². The number of hydrogen-bond donors (Lipinski definition) is 0. The molecule has 0 saturated carbocycles. The molecule has 0 heterocycles. The Hall–Kier alpha value is 0.470. The van der Waals surface area contributed by atoms with Crippen molar-refractivity contribution >= 4 is 5.97 Å². The van der Waals surface area contributed by atoms with Crippen LogP contribution in [0.25, 0.3) is 0 Å². The predicted molar refractivity (Wildman–Crippen MR) is 29.1 cm³/mol. The molecule has 2 nitrogen and oxygen atoms in total. The number of unbranched alkanes of at least 4 members (excludes halogenated alkanes) is 1. The van der Waals surface area contributed by atoms with Crippen molar-refractivity contribution < 1.29 is 43.6 Å². The van der Waals surface area contributed by atoms with Crippen LogP contribution in [0.3, 0.4) is 0 Å². The van der Waals surface area contributed by atoms with Gasteiger partial charge in [-0.15, -0.1) is 0 Å². The van der Waals surface area contributed by atoms with Gasteiger partial charge in [-0.25, -0.2) is 0 Å². The minimum absolute atomic E-state index is 0. The SMILES string of the molecule is [2H]C([2H])([2H])CCCCC(=O)[O-].[Na+]. The molecule has 0 aliphatic heterocycles. The summed E-state index contributed by atoms with van der Waals surface area (Å²) in [6, 6.07) is 0. The van der Waals surface area contributed by atoms with Crippen LogP contribution in [0.15, 0.2) is 0 Å². The third kappa shape index (κ3) is 11.8. The predicted octanol–water partition coefficient (Wildman–Crippen LogP) is -2.68. The number of carboxylic acids is 1. The van der Waals surface area contributed by atoms with E-state index in [0.717, 1.165) is 0 Å². The van der Waals surface area contributed by atoms with E-state index < -0.39 is 12.8 Å². The minimum Gasteiger partial charge on any atom is -0.550 e. The topological polar surface area (TPSA) is 40.1 Å². The molecule has 0 aromatic carbocycles. The molecule has 0 aliphatic rings. The molecule has 0 unspecified atom stereocenters. The van der Waals surface area contributed by atoms with Crippen molar-refractivity contribution in [2.45, 2.75) is 32.5 Å². The maximum absolute atomic E-state index is 9.87. The first-order chi connectivity index (χ1) is 4.92. The van der Waals surface area contributed by atoms with Gasteiger partial charge in [0.1, 0.15) is 0 Å². The first kappa shape index (κ1) is 6.20. The quantitative estimate of drug-likeness (QED) is 0.316. The largest absolute Gasteiger partial charge is 1.00 e. The van der Waals surface area contributed by atoms with Crippen LogP contribution in [0, 0.1) is 0 Å². The average Bonchev–Trinajstić information content (AvgIpc) is 1.78. The van der Waals surface area contributed by atoms with E-state index in [4.69, 9.17) is 4.11 Å². The van der Waals surface area contributed by atoms with Crippen molar-refractivity contribution in [3.05, 3.63) is 0 Å². The second kappa shape index (κ2) is 8.47. The molecule has 0 bridgehead atoms. The van der Waals surface area contributed by atoms with Crippen molar-refractivity contribution in [1.29, 1.82) is 0 Å². The van der Waals surface area contributed by atoms with Gasteiger partial charge in [-0.05, 0) is 12.8 Å². The Morgan fingerprint density at radius 1 is 1.67 bits per heavy atom. The zero-order valence-corrected chi connectivity index (χ0v) is 7.64. The van der Waals surface area contributed by atoms with Crippen LogP contribution >= 0.6 is 0 Å². The third-order valence-electron chi connectivity index (χ3n) is 0.808. The molecule has 0 rings (SSSR count). The monoisotopic (exact) mass is 141 g/mol. The number of carbonyl (C=O) groups excluding carboxylic acids is 1. The van der Waals surface area contributed by atoms with Crippen molar-refractivity contribution in [3.8, 4) is 0 Å². The maximum Gasteiger partial charge on any atom is 1.00 e. The number of aliphatic carboxylic acids is 1. The van der Waals surface area contributed by atoms with Crippen molar-refractivity contribution in [1.82, 2.24) is 0 Å². The van der Waals surface area contributed by atoms with Gasteiger partial charge in [0.05, 0.1) is 0 Å². The summed E-state index contributed by atoms with van der Waals surface area (Å²) in [7, 11) is 0. The molecule has 48 valence electrons. The molecule has 0 radical (unpaired) electrons. The van der Waals surface area contributed by atoms with Gasteiger partial charge < -0.3 is 9.90 Å². The Labute approximate surface area is 82.1 Å². The van der Waals surface area contributed by atoms with Crippen LogP contribution in [-0.4, -0.2) is 5.97 Å². The molecule has 0 atom stereocenters. The number of carbonyl (C=O) groups is 1. The van der Waals surface area contributed by atoms with Gasteiger partial charge in [-0.3, -0.25) is 0 Å². The van der Waals surface area contributed by atoms with Crippen LogP contribution in [0.4, 0.5) is 0 Å². The van der Waals surface area contributed by atoms with Crippen LogP contribution in [0.2, 0.25) is 0 Å². The smallest absolute Gasteiger partial charge is 0.550 e. The molecule has 0 saturated heterocycles. The van der Waals surface area contributed by atoms with Crippen LogP contribution < -0.4 is 34.7 Å². The zero-order valence-electron chi connectivity index (χ0n) is 8.64. The molecule has 0 fully saturated rings. The van der Waals surface area contributed by atoms with Gasteiger partial charge in [0.25, 0.3) is 0 Å². The molecule has 0 aromatic heterocycles. The summed E-state index contributed by atoms with van der Waals surface area (Å²) in [6.45, 7) is -1.92. The Kier molecular flexibility index (Phi) is 5.83. The summed E-state index contributed by atoms with van der Waals surface area (Å²) in [5, 5.41) is 9.87. The second-order valence-corrected chi connectivity index (χ2v) is 1.58. The molecular formula is C6H11NaO2. The van der Waals surface area contributed by atoms with Crippen LogP contribution in [0.5, 0.6) is 0 Å². The fourth-order valence-corrected chi connectivity index (χ4v) is 0.394. The van der Waals surface area contributed by atoms with Gasteiger partial charge in [0.15, 0.2) is 0 Å². The van der Waals surface area contributed by atoms with Gasteiger partial charge in [0, 0.05) is 10.1 Å². The molecule has 0 aliphatic carbocycles. The Bertz CT molecular complexity index is 135. The number of rotatable bonds is 4. The van der Waals surface area contributed by atoms with E-state index in [2.05, 4.69) is 0 Å². The first-order valence-electron chi connectivity index (χ1n) is 4.12. The molecule has 0 N–H and O–H groups in total. The molecule has 0 aromatic rings. The summed E-state index contributed by atoms with van der Waals surface area (Å²) in [6.07, 6.45) is 0.849. The van der Waals surface area contributed by atoms with Gasteiger partial charge >= 0.3 is 29.6 Å². The Balaban J connectivity index is 0. The maximum atomic E-state index is 9.87. The van der Waals surface area contributed by atoms with Gasteiger partial charge in [0.2, 0.25) is 0 Å².